The highest BCUT2D eigenvalue weighted by molar-refractivity contribution is 8.01. The number of amides is 1. The second-order valence-electron chi connectivity index (χ2n) is 4.75. The summed E-state index contributed by atoms with van der Waals surface area (Å²) in [4.78, 5) is 12.1. The topological polar surface area (TPSA) is 55.1 Å². The van der Waals surface area contributed by atoms with Crippen molar-refractivity contribution in [2.75, 3.05) is 5.32 Å². The van der Waals surface area contributed by atoms with Gasteiger partial charge < -0.3 is 9.84 Å². The minimum atomic E-state index is 0.0186. The van der Waals surface area contributed by atoms with E-state index in [0.29, 0.717) is 16.8 Å². The number of aromatic nitrogens is 1. The lowest BCUT2D eigenvalue weighted by Crippen LogP contribution is -2.26. The van der Waals surface area contributed by atoms with Gasteiger partial charge in [0, 0.05) is 11.3 Å². The Morgan fingerprint density at radius 3 is 2.89 bits per heavy atom. The molecule has 1 amide bonds. The molecule has 0 bridgehead atoms. The number of hydrogen-bond acceptors (Lipinski definition) is 4. The van der Waals surface area contributed by atoms with Crippen LogP contribution in [0.1, 0.15) is 44.8 Å². The number of aryl methyl sites for hydroxylation is 1. The van der Waals surface area contributed by atoms with Crippen LogP contribution in [0.5, 0.6) is 0 Å². The molecule has 1 saturated carbocycles. The van der Waals surface area contributed by atoms with Crippen LogP contribution in [0.3, 0.4) is 0 Å². The van der Waals surface area contributed by atoms with Crippen molar-refractivity contribution >= 4 is 23.5 Å². The van der Waals surface area contributed by atoms with Crippen molar-refractivity contribution in [3.05, 3.63) is 11.8 Å². The summed E-state index contributed by atoms with van der Waals surface area (Å²) in [6.45, 7) is 3.87. The van der Waals surface area contributed by atoms with Crippen molar-refractivity contribution in [3.8, 4) is 0 Å². The van der Waals surface area contributed by atoms with E-state index in [-0.39, 0.29) is 11.2 Å². The standard InChI is InChI=1S/C13H20N2O2S/c1-3-11(18-10-6-4-5-7-10)13(16)14-12-8-9(2)17-15-12/h8,10-11H,3-7H2,1-2H3,(H,14,15,16). The summed E-state index contributed by atoms with van der Waals surface area (Å²) in [6.07, 6.45) is 5.95. The van der Waals surface area contributed by atoms with Crippen LogP contribution < -0.4 is 5.32 Å². The van der Waals surface area contributed by atoms with Gasteiger partial charge in [-0.05, 0) is 26.2 Å². The Morgan fingerprint density at radius 2 is 2.33 bits per heavy atom. The number of carbonyl (C=O) groups excluding carboxylic acids is 1. The third-order valence-electron chi connectivity index (χ3n) is 3.20. The van der Waals surface area contributed by atoms with E-state index in [4.69, 9.17) is 4.52 Å². The van der Waals surface area contributed by atoms with Gasteiger partial charge in [0.2, 0.25) is 5.91 Å². The molecule has 2 rings (SSSR count). The van der Waals surface area contributed by atoms with Crippen molar-refractivity contribution in [2.24, 2.45) is 0 Å². The van der Waals surface area contributed by atoms with Gasteiger partial charge in [0.25, 0.3) is 0 Å². The molecule has 18 heavy (non-hydrogen) atoms. The third kappa shape index (κ3) is 3.51. The number of rotatable bonds is 5. The molecule has 0 aliphatic heterocycles. The second kappa shape index (κ2) is 6.27. The average Bonchev–Trinajstić information content (AvgIpc) is 2.97. The van der Waals surface area contributed by atoms with E-state index >= 15 is 0 Å². The summed E-state index contributed by atoms with van der Waals surface area (Å²) >= 11 is 1.82. The largest absolute Gasteiger partial charge is 0.360 e. The third-order valence-corrected chi connectivity index (χ3v) is 4.93. The Bertz CT molecular complexity index is 399. The molecular formula is C13H20N2O2S. The maximum atomic E-state index is 12.1. The van der Waals surface area contributed by atoms with Crippen LogP contribution >= 0.6 is 11.8 Å². The van der Waals surface area contributed by atoms with Crippen LogP contribution in [-0.4, -0.2) is 21.6 Å². The molecule has 1 aliphatic rings. The minimum absolute atomic E-state index is 0.0186. The minimum Gasteiger partial charge on any atom is -0.360 e. The first-order valence-electron chi connectivity index (χ1n) is 6.58. The zero-order chi connectivity index (χ0) is 13.0. The lowest BCUT2D eigenvalue weighted by molar-refractivity contribution is -0.115. The summed E-state index contributed by atoms with van der Waals surface area (Å²) < 4.78 is 4.94. The first-order chi connectivity index (χ1) is 8.69. The Balaban J connectivity index is 1.88. The summed E-state index contributed by atoms with van der Waals surface area (Å²) in [7, 11) is 0. The van der Waals surface area contributed by atoms with Crippen molar-refractivity contribution < 1.29 is 9.32 Å². The number of anilines is 1. The van der Waals surface area contributed by atoms with Gasteiger partial charge in [-0.2, -0.15) is 0 Å². The molecule has 1 aromatic rings. The quantitative estimate of drug-likeness (QED) is 0.889. The maximum absolute atomic E-state index is 12.1. The lowest BCUT2D eigenvalue weighted by atomic mass is 10.3. The molecule has 1 N–H and O–H groups in total. The molecule has 1 unspecified atom stereocenters. The summed E-state index contributed by atoms with van der Waals surface area (Å²) in [5.74, 6) is 1.27. The number of nitrogens with zero attached hydrogens (tertiary/aromatic N) is 1. The first kappa shape index (κ1) is 13.5. The smallest absolute Gasteiger partial charge is 0.238 e. The van der Waals surface area contributed by atoms with E-state index in [9.17, 15) is 4.79 Å². The molecule has 100 valence electrons. The van der Waals surface area contributed by atoms with E-state index in [2.05, 4.69) is 17.4 Å². The first-order valence-corrected chi connectivity index (χ1v) is 7.53. The van der Waals surface area contributed by atoms with Crippen LogP contribution in [0.4, 0.5) is 5.82 Å². The Labute approximate surface area is 112 Å². The van der Waals surface area contributed by atoms with Crippen molar-refractivity contribution in [2.45, 2.75) is 56.5 Å². The molecule has 1 fully saturated rings. The fourth-order valence-electron chi connectivity index (χ4n) is 2.23. The summed E-state index contributed by atoms with van der Waals surface area (Å²) in [5.41, 5.74) is 0. The molecule has 1 heterocycles. The van der Waals surface area contributed by atoms with E-state index in [1.54, 1.807) is 6.07 Å². The zero-order valence-corrected chi connectivity index (χ0v) is 11.8. The highest BCUT2D eigenvalue weighted by Gasteiger charge is 2.24. The fraction of sp³-hybridized carbons (Fsp3) is 0.692. The zero-order valence-electron chi connectivity index (χ0n) is 10.9. The molecule has 0 spiro atoms. The monoisotopic (exact) mass is 268 g/mol. The predicted octanol–water partition coefficient (Wildman–Crippen LogP) is 3.38. The SMILES string of the molecule is CCC(SC1CCCC1)C(=O)Nc1cc(C)on1. The van der Waals surface area contributed by atoms with E-state index in [1.807, 2.05) is 18.7 Å². The van der Waals surface area contributed by atoms with Crippen LogP contribution in [0, 0.1) is 6.92 Å². The molecule has 5 heteroatoms. The second-order valence-corrected chi connectivity index (χ2v) is 6.26. The van der Waals surface area contributed by atoms with Crippen LogP contribution in [0.2, 0.25) is 0 Å². The van der Waals surface area contributed by atoms with Gasteiger partial charge in [-0.1, -0.05) is 24.9 Å². The Morgan fingerprint density at radius 1 is 1.61 bits per heavy atom. The molecule has 1 atom stereocenters. The maximum Gasteiger partial charge on any atom is 0.238 e. The Kier molecular flexibility index (Phi) is 4.69. The van der Waals surface area contributed by atoms with Gasteiger partial charge in [0.1, 0.15) is 5.76 Å². The lowest BCUT2D eigenvalue weighted by Gasteiger charge is -2.17. The van der Waals surface area contributed by atoms with Crippen molar-refractivity contribution in [1.29, 1.82) is 0 Å². The number of thioether (sulfide) groups is 1. The molecule has 0 saturated heterocycles. The van der Waals surface area contributed by atoms with Gasteiger partial charge in [0.15, 0.2) is 5.82 Å². The molecule has 0 aromatic carbocycles. The van der Waals surface area contributed by atoms with Gasteiger partial charge in [-0.3, -0.25) is 4.79 Å². The number of hydrogen-bond donors (Lipinski definition) is 1. The van der Waals surface area contributed by atoms with Gasteiger partial charge >= 0.3 is 0 Å². The fourth-order valence-corrected chi connectivity index (χ4v) is 3.68. The van der Waals surface area contributed by atoms with E-state index in [1.165, 1.54) is 25.7 Å². The van der Waals surface area contributed by atoms with Crippen LogP contribution in [0.15, 0.2) is 10.6 Å². The van der Waals surface area contributed by atoms with Crippen LogP contribution in [-0.2, 0) is 4.79 Å². The van der Waals surface area contributed by atoms with Gasteiger partial charge in [0.05, 0.1) is 5.25 Å². The number of nitrogens with one attached hydrogen (secondary N) is 1. The predicted molar refractivity (Wildman–Crippen MR) is 73.8 cm³/mol. The molecule has 1 aliphatic carbocycles. The van der Waals surface area contributed by atoms with E-state index in [0.717, 1.165) is 6.42 Å². The molecule has 4 nitrogen and oxygen atoms in total. The Hall–Kier alpha value is -0.970. The van der Waals surface area contributed by atoms with Gasteiger partial charge in [-0.15, -0.1) is 11.8 Å². The number of carbonyl (C=O) groups is 1. The molecular weight excluding hydrogens is 248 g/mol. The van der Waals surface area contributed by atoms with Gasteiger partial charge in [-0.25, -0.2) is 0 Å². The van der Waals surface area contributed by atoms with Crippen LogP contribution in [0.25, 0.3) is 0 Å². The normalized spacial score (nSPS) is 17.9. The highest BCUT2D eigenvalue weighted by Crippen LogP contribution is 2.33. The molecule has 1 aromatic heterocycles. The summed E-state index contributed by atoms with van der Waals surface area (Å²) in [5, 5.41) is 7.28. The van der Waals surface area contributed by atoms with Crippen molar-refractivity contribution in [3.63, 3.8) is 0 Å². The van der Waals surface area contributed by atoms with E-state index < -0.39 is 0 Å². The summed E-state index contributed by atoms with van der Waals surface area (Å²) in [6, 6.07) is 1.74. The highest BCUT2D eigenvalue weighted by atomic mass is 32.2. The average molecular weight is 268 g/mol. The molecule has 0 radical (unpaired) electrons. The van der Waals surface area contributed by atoms with Crippen molar-refractivity contribution in [1.82, 2.24) is 5.16 Å².